The number of allylic oxidation sites excluding steroid dienone is 3. The minimum Gasteiger partial charge on any atom is -0.503 e. The summed E-state index contributed by atoms with van der Waals surface area (Å²) in [7, 11) is 3.04. The van der Waals surface area contributed by atoms with Crippen molar-refractivity contribution in [3.8, 4) is 17.2 Å². The number of carbonyl (C=O) groups is 2. The maximum atomic E-state index is 13.9. The van der Waals surface area contributed by atoms with Crippen molar-refractivity contribution in [1.29, 1.82) is 0 Å². The van der Waals surface area contributed by atoms with Crippen molar-refractivity contribution in [3.05, 3.63) is 111 Å². The minimum atomic E-state index is -0.744. The number of benzene rings is 3. The number of hydrogen-bond donors (Lipinski definition) is 2. The van der Waals surface area contributed by atoms with Gasteiger partial charge >= 0.3 is 5.97 Å². The lowest BCUT2D eigenvalue weighted by molar-refractivity contribution is -0.139. The number of Topliss-reactive ketones (excluding diaryl/α,β-unsaturated/α-hetero) is 1. The van der Waals surface area contributed by atoms with E-state index in [1.54, 1.807) is 19.2 Å². The SMILES string of the molecule is COc1ccc([C@H]2CC(=O)C3=C(C2)NC(C)=C(C(=O)OCCc2ccccc2)[C@@H]3c2cc(Cl)c(O)c(OC)c2)cc1. The zero-order chi connectivity index (χ0) is 29.1. The summed E-state index contributed by atoms with van der Waals surface area (Å²) in [5.74, 6) is -0.674. The lowest BCUT2D eigenvalue weighted by Crippen LogP contribution is -2.36. The molecule has 0 saturated heterocycles. The number of esters is 1. The maximum absolute atomic E-state index is 13.9. The fourth-order valence-electron chi connectivity index (χ4n) is 5.65. The number of methoxy groups -OCH3 is 2. The molecule has 8 heteroatoms. The summed E-state index contributed by atoms with van der Waals surface area (Å²) >= 11 is 6.38. The predicted molar refractivity (Wildman–Crippen MR) is 156 cm³/mol. The molecular weight excluding hydrogens is 542 g/mol. The largest absolute Gasteiger partial charge is 0.503 e. The Morgan fingerprint density at radius 1 is 1.00 bits per heavy atom. The number of ketones is 1. The number of halogens is 1. The van der Waals surface area contributed by atoms with E-state index in [-0.39, 0.29) is 41.3 Å². The number of dihydropyridines is 1. The van der Waals surface area contributed by atoms with Gasteiger partial charge in [-0.2, -0.15) is 0 Å². The van der Waals surface area contributed by atoms with Crippen LogP contribution in [0.25, 0.3) is 0 Å². The summed E-state index contributed by atoms with van der Waals surface area (Å²) in [5, 5.41) is 13.8. The van der Waals surface area contributed by atoms with Gasteiger partial charge in [0.05, 0.1) is 31.4 Å². The van der Waals surface area contributed by atoms with Crippen LogP contribution in [0.15, 0.2) is 89.3 Å². The normalized spacial score (nSPS) is 18.5. The van der Waals surface area contributed by atoms with E-state index in [9.17, 15) is 14.7 Å². The van der Waals surface area contributed by atoms with Crippen LogP contribution in [0.2, 0.25) is 5.02 Å². The van der Waals surface area contributed by atoms with Crippen molar-refractivity contribution in [2.24, 2.45) is 0 Å². The van der Waals surface area contributed by atoms with Crippen LogP contribution in [-0.2, 0) is 20.7 Å². The summed E-state index contributed by atoms with van der Waals surface area (Å²) < 4.78 is 16.4. The minimum absolute atomic E-state index is 0.0366. The van der Waals surface area contributed by atoms with Gasteiger partial charge in [0, 0.05) is 35.7 Å². The molecular formula is C33H32ClNO6. The highest BCUT2D eigenvalue weighted by Crippen LogP contribution is 2.48. The Kier molecular flexibility index (Phi) is 8.36. The number of rotatable bonds is 8. The van der Waals surface area contributed by atoms with E-state index in [0.29, 0.717) is 35.2 Å². The summed E-state index contributed by atoms with van der Waals surface area (Å²) in [4.78, 5) is 27.5. The Balaban J connectivity index is 1.51. The molecule has 0 aromatic heterocycles. The van der Waals surface area contributed by atoms with E-state index in [1.807, 2.05) is 61.5 Å². The number of phenolic OH excluding ortho intramolecular Hbond substituents is 1. The molecule has 0 saturated carbocycles. The van der Waals surface area contributed by atoms with E-state index in [1.165, 1.54) is 7.11 Å². The maximum Gasteiger partial charge on any atom is 0.336 e. The van der Waals surface area contributed by atoms with Gasteiger partial charge in [-0.3, -0.25) is 4.79 Å². The quantitative estimate of drug-likeness (QED) is 0.309. The average Bonchev–Trinajstić information content (AvgIpc) is 2.98. The first kappa shape index (κ1) is 28.3. The van der Waals surface area contributed by atoms with Crippen molar-refractivity contribution < 1.29 is 28.9 Å². The third-order valence-corrected chi connectivity index (χ3v) is 7.99. The second kappa shape index (κ2) is 12.1. The van der Waals surface area contributed by atoms with Crippen LogP contribution < -0.4 is 14.8 Å². The monoisotopic (exact) mass is 573 g/mol. The van der Waals surface area contributed by atoms with Gasteiger partial charge in [-0.05, 0) is 60.2 Å². The highest BCUT2D eigenvalue weighted by Gasteiger charge is 2.42. The first-order chi connectivity index (χ1) is 19.8. The van der Waals surface area contributed by atoms with Crippen molar-refractivity contribution in [2.45, 2.75) is 38.0 Å². The molecule has 0 radical (unpaired) electrons. The number of hydrogen-bond acceptors (Lipinski definition) is 7. The third kappa shape index (κ3) is 5.81. The standard InChI is InChI=1S/C33H32ClNO6/c1-19-29(33(38)41-14-13-20-7-5-4-6-8-20)30(23-15-25(34)32(37)28(18-23)40-3)31-26(35-19)16-22(17-27(31)36)21-9-11-24(39-2)12-10-21/h4-12,15,18,22,30,35,37H,13-14,16-17H2,1-3H3/t22-,30+/m1/s1. The highest BCUT2D eigenvalue weighted by atomic mass is 35.5. The summed E-state index contributed by atoms with van der Waals surface area (Å²) in [6.07, 6.45) is 1.43. The molecule has 0 amide bonds. The molecule has 2 atom stereocenters. The number of ether oxygens (including phenoxy) is 3. The third-order valence-electron chi connectivity index (χ3n) is 7.71. The predicted octanol–water partition coefficient (Wildman–Crippen LogP) is 6.21. The van der Waals surface area contributed by atoms with Crippen LogP contribution in [0.4, 0.5) is 0 Å². The van der Waals surface area contributed by atoms with Crippen LogP contribution in [0, 0.1) is 0 Å². The van der Waals surface area contributed by atoms with Gasteiger partial charge in [0.2, 0.25) is 0 Å². The van der Waals surface area contributed by atoms with Crippen molar-refractivity contribution >= 4 is 23.4 Å². The van der Waals surface area contributed by atoms with Crippen LogP contribution in [0.3, 0.4) is 0 Å². The topological polar surface area (TPSA) is 94.1 Å². The Morgan fingerprint density at radius 2 is 1.73 bits per heavy atom. The van der Waals surface area contributed by atoms with Crippen molar-refractivity contribution in [3.63, 3.8) is 0 Å². The van der Waals surface area contributed by atoms with E-state index in [2.05, 4.69) is 5.32 Å². The second-order valence-electron chi connectivity index (χ2n) is 10.2. The van der Waals surface area contributed by atoms with Gasteiger partial charge in [0.1, 0.15) is 5.75 Å². The van der Waals surface area contributed by atoms with Gasteiger partial charge in [-0.1, -0.05) is 54.1 Å². The molecule has 2 aliphatic rings. The Morgan fingerprint density at radius 3 is 2.41 bits per heavy atom. The van der Waals surface area contributed by atoms with E-state index in [4.69, 9.17) is 25.8 Å². The van der Waals surface area contributed by atoms with Crippen LogP contribution >= 0.6 is 11.6 Å². The fourth-order valence-corrected chi connectivity index (χ4v) is 5.87. The second-order valence-corrected chi connectivity index (χ2v) is 10.6. The zero-order valence-electron chi connectivity index (χ0n) is 23.2. The van der Waals surface area contributed by atoms with Gasteiger partial charge < -0.3 is 24.6 Å². The lowest BCUT2D eigenvalue weighted by atomic mass is 9.71. The fraction of sp³-hybridized carbons (Fsp3) is 0.273. The number of aromatic hydroxyl groups is 1. The number of nitrogens with one attached hydrogen (secondary N) is 1. The molecule has 1 heterocycles. The van der Waals surface area contributed by atoms with Crippen LogP contribution in [0.5, 0.6) is 17.2 Å². The molecule has 1 aliphatic heterocycles. The Hall–Kier alpha value is -4.23. The first-order valence-electron chi connectivity index (χ1n) is 13.5. The van der Waals surface area contributed by atoms with E-state index in [0.717, 1.165) is 22.6 Å². The Bertz CT molecular complexity index is 1530. The van der Waals surface area contributed by atoms with E-state index >= 15 is 0 Å². The smallest absolute Gasteiger partial charge is 0.336 e. The molecule has 3 aromatic carbocycles. The molecule has 41 heavy (non-hydrogen) atoms. The van der Waals surface area contributed by atoms with Crippen LogP contribution in [0.1, 0.15) is 48.3 Å². The molecule has 3 aromatic rings. The van der Waals surface area contributed by atoms with E-state index < -0.39 is 11.9 Å². The van der Waals surface area contributed by atoms with Crippen molar-refractivity contribution in [1.82, 2.24) is 5.32 Å². The number of carbonyl (C=O) groups excluding carboxylic acids is 2. The molecule has 7 nitrogen and oxygen atoms in total. The number of phenols is 1. The van der Waals surface area contributed by atoms with Crippen LogP contribution in [-0.4, -0.2) is 37.7 Å². The molecule has 0 spiro atoms. The zero-order valence-corrected chi connectivity index (χ0v) is 24.0. The summed E-state index contributed by atoms with van der Waals surface area (Å²) in [5.41, 5.74) is 4.83. The summed E-state index contributed by atoms with van der Waals surface area (Å²) in [6, 6.07) is 20.7. The first-order valence-corrected chi connectivity index (χ1v) is 13.8. The highest BCUT2D eigenvalue weighted by molar-refractivity contribution is 6.32. The summed E-state index contributed by atoms with van der Waals surface area (Å²) in [6.45, 7) is 2.00. The molecule has 0 fully saturated rings. The van der Waals surface area contributed by atoms with Gasteiger partial charge in [0.25, 0.3) is 0 Å². The van der Waals surface area contributed by atoms with Gasteiger partial charge in [0.15, 0.2) is 17.3 Å². The molecule has 2 N–H and O–H groups in total. The lowest BCUT2D eigenvalue weighted by Gasteiger charge is -2.37. The Labute approximate surface area is 244 Å². The average molecular weight is 574 g/mol. The van der Waals surface area contributed by atoms with Gasteiger partial charge in [-0.25, -0.2) is 4.79 Å². The molecule has 0 unspecified atom stereocenters. The molecule has 0 bridgehead atoms. The van der Waals surface area contributed by atoms with Gasteiger partial charge in [-0.15, -0.1) is 0 Å². The molecule has 5 rings (SSSR count). The molecule has 212 valence electrons. The molecule has 1 aliphatic carbocycles. The van der Waals surface area contributed by atoms with Crippen molar-refractivity contribution in [2.75, 3.05) is 20.8 Å².